The van der Waals surface area contributed by atoms with Crippen molar-refractivity contribution < 1.29 is 14.7 Å². The zero-order valence-corrected chi connectivity index (χ0v) is 11.6. The zero-order chi connectivity index (χ0) is 13.8. The second-order valence-corrected chi connectivity index (χ2v) is 5.66. The van der Waals surface area contributed by atoms with E-state index in [0.717, 1.165) is 17.0 Å². The van der Waals surface area contributed by atoms with Gasteiger partial charge in [-0.15, -0.1) is 11.3 Å². The first kappa shape index (κ1) is 13.8. The summed E-state index contributed by atoms with van der Waals surface area (Å²) in [4.78, 5) is 29.4. The van der Waals surface area contributed by atoms with Gasteiger partial charge in [0.1, 0.15) is 0 Å². The first-order valence-electron chi connectivity index (χ1n) is 6.19. The molecule has 1 aliphatic heterocycles. The van der Waals surface area contributed by atoms with Crippen molar-refractivity contribution in [2.75, 3.05) is 13.1 Å². The Labute approximate surface area is 115 Å². The number of aliphatic carboxylic acids is 1. The van der Waals surface area contributed by atoms with Crippen molar-refractivity contribution in [2.24, 2.45) is 5.92 Å². The lowest BCUT2D eigenvalue weighted by molar-refractivity contribution is -0.138. The number of rotatable bonds is 4. The van der Waals surface area contributed by atoms with Crippen LogP contribution in [0.25, 0.3) is 0 Å². The largest absolute Gasteiger partial charge is 0.481 e. The van der Waals surface area contributed by atoms with E-state index in [1.165, 1.54) is 11.3 Å². The van der Waals surface area contributed by atoms with Gasteiger partial charge in [0.25, 0.3) is 0 Å². The molecule has 2 amide bonds. The third kappa shape index (κ3) is 3.66. The number of carbonyl (C=O) groups is 2. The highest BCUT2D eigenvalue weighted by atomic mass is 32.1. The molecule has 0 aromatic carbocycles. The number of carbonyl (C=O) groups excluding carboxylic acids is 1. The quantitative estimate of drug-likeness (QED) is 0.876. The molecule has 104 valence electrons. The van der Waals surface area contributed by atoms with Crippen molar-refractivity contribution in [3.8, 4) is 0 Å². The molecule has 0 radical (unpaired) electrons. The summed E-state index contributed by atoms with van der Waals surface area (Å²) < 4.78 is 0. The lowest BCUT2D eigenvalue weighted by Crippen LogP contribution is -2.38. The van der Waals surface area contributed by atoms with E-state index in [2.05, 4.69) is 10.3 Å². The second-order valence-electron chi connectivity index (χ2n) is 4.72. The van der Waals surface area contributed by atoms with Gasteiger partial charge < -0.3 is 15.3 Å². The molecular formula is C12H17N3O3S. The number of amides is 2. The van der Waals surface area contributed by atoms with Crippen LogP contribution >= 0.6 is 11.3 Å². The summed E-state index contributed by atoms with van der Waals surface area (Å²) in [6, 6.07) is -0.124. The van der Waals surface area contributed by atoms with Gasteiger partial charge in [0.05, 0.1) is 17.7 Å². The highest BCUT2D eigenvalue weighted by molar-refractivity contribution is 7.09. The first-order valence-corrected chi connectivity index (χ1v) is 7.07. The van der Waals surface area contributed by atoms with Gasteiger partial charge in [0.2, 0.25) is 0 Å². The van der Waals surface area contributed by atoms with E-state index in [9.17, 15) is 9.59 Å². The molecule has 1 aromatic heterocycles. The monoisotopic (exact) mass is 283 g/mol. The number of hydrogen-bond donors (Lipinski definition) is 2. The molecule has 2 rings (SSSR count). The van der Waals surface area contributed by atoms with Crippen LogP contribution in [0.1, 0.15) is 23.4 Å². The van der Waals surface area contributed by atoms with Crippen molar-refractivity contribution in [2.45, 2.75) is 26.3 Å². The highest BCUT2D eigenvalue weighted by Gasteiger charge is 2.27. The molecule has 0 bridgehead atoms. The lowest BCUT2D eigenvalue weighted by atomic mass is 10.1. The number of carboxylic acid groups (broad SMARTS) is 1. The summed E-state index contributed by atoms with van der Waals surface area (Å²) in [5.74, 6) is -0.721. The van der Waals surface area contributed by atoms with E-state index in [1.54, 1.807) is 10.4 Å². The summed E-state index contributed by atoms with van der Waals surface area (Å²) in [5.41, 5.74) is 2.70. The van der Waals surface area contributed by atoms with Crippen LogP contribution in [0.4, 0.5) is 4.79 Å². The van der Waals surface area contributed by atoms with Crippen LogP contribution in [0.3, 0.4) is 0 Å². The number of aryl methyl sites for hydroxylation is 1. The topological polar surface area (TPSA) is 82.5 Å². The Morgan fingerprint density at radius 3 is 3.05 bits per heavy atom. The molecule has 0 aliphatic carbocycles. The number of carboxylic acids is 1. The molecular weight excluding hydrogens is 266 g/mol. The minimum atomic E-state index is -0.799. The summed E-state index contributed by atoms with van der Waals surface area (Å²) in [7, 11) is 0. The smallest absolute Gasteiger partial charge is 0.317 e. The molecule has 1 saturated heterocycles. The van der Waals surface area contributed by atoms with Gasteiger partial charge in [0, 0.05) is 24.4 Å². The summed E-state index contributed by atoms with van der Waals surface area (Å²) in [6.07, 6.45) is 0.900. The van der Waals surface area contributed by atoms with Gasteiger partial charge in [0.15, 0.2) is 0 Å². The van der Waals surface area contributed by atoms with Gasteiger partial charge in [-0.3, -0.25) is 4.79 Å². The minimum absolute atomic E-state index is 0.0772. The fourth-order valence-corrected chi connectivity index (χ4v) is 2.91. The van der Waals surface area contributed by atoms with Gasteiger partial charge in [-0.1, -0.05) is 0 Å². The average molecular weight is 283 g/mol. The van der Waals surface area contributed by atoms with Crippen LogP contribution in [0, 0.1) is 12.8 Å². The number of thiazole rings is 1. The van der Waals surface area contributed by atoms with E-state index < -0.39 is 5.97 Å². The van der Waals surface area contributed by atoms with Crippen molar-refractivity contribution in [1.29, 1.82) is 0 Å². The Morgan fingerprint density at radius 2 is 2.42 bits per heavy atom. The third-order valence-electron chi connectivity index (χ3n) is 3.28. The number of urea groups is 1. The van der Waals surface area contributed by atoms with Crippen LogP contribution in [-0.4, -0.2) is 40.1 Å². The Bertz CT molecular complexity index is 475. The van der Waals surface area contributed by atoms with Gasteiger partial charge in [-0.25, -0.2) is 9.78 Å². The van der Waals surface area contributed by atoms with E-state index in [1.807, 2.05) is 6.92 Å². The predicted octanol–water partition coefficient (Wildman–Crippen LogP) is 1.46. The normalized spacial score (nSPS) is 18.6. The molecule has 1 fully saturated rings. The lowest BCUT2D eigenvalue weighted by Gasteiger charge is -2.16. The van der Waals surface area contributed by atoms with E-state index in [4.69, 9.17) is 5.11 Å². The van der Waals surface area contributed by atoms with E-state index in [-0.39, 0.29) is 18.4 Å². The SMILES string of the molecule is Cc1ncsc1CNC(=O)N1CCC(CC(=O)O)C1. The van der Waals surface area contributed by atoms with Crippen molar-refractivity contribution in [3.63, 3.8) is 0 Å². The number of nitrogens with zero attached hydrogens (tertiary/aromatic N) is 2. The standard InChI is InChI=1S/C12H17N3O3S/c1-8-10(19-7-14-8)5-13-12(18)15-3-2-9(6-15)4-11(16)17/h7,9H,2-6H2,1H3,(H,13,18)(H,16,17). The highest BCUT2D eigenvalue weighted by Crippen LogP contribution is 2.19. The molecule has 6 nitrogen and oxygen atoms in total. The van der Waals surface area contributed by atoms with Crippen molar-refractivity contribution in [3.05, 3.63) is 16.1 Å². The molecule has 2 heterocycles. The van der Waals surface area contributed by atoms with Crippen LogP contribution in [0.15, 0.2) is 5.51 Å². The number of nitrogens with one attached hydrogen (secondary N) is 1. The molecule has 0 saturated carbocycles. The zero-order valence-electron chi connectivity index (χ0n) is 10.8. The summed E-state index contributed by atoms with van der Waals surface area (Å²) in [6.45, 7) is 3.55. The van der Waals surface area contributed by atoms with Gasteiger partial charge in [-0.05, 0) is 19.3 Å². The molecule has 1 atom stereocenters. The Hall–Kier alpha value is -1.63. The number of aromatic nitrogens is 1. The van der Waals surface area contributed by atoms with Crippen LogP contribution in [0.5, 0.6) is 0 Å². The maximum atomic E-state index is 11.9. The van der Waals surface area contributed by atoms with Crippen LogP contribution < -0.4 is 5.32 Å². The fourth-order valence-electron chi connectivity index (χ4n) is 2.19. The average Bonchev–Trinajstić information content (AvgIpc) is 2.95. The maximum absolute atomic E-state index is 11.9. The van der Waals surface area contributed by atoms with Crippen LogP contribution in [-0.2, 0) is 11.3 Å². The molecule has 1 unspecified atom stereocenters. The predicted molar refractivity (Wildman–Crippen MR) is 71.0 cm³/mol. The van der Waals surface area contributed by atoms with E-state index in [0.29, 0.717) is 19.6 Å². The van der Waals surface area contributed by atoms with E-state index >= 15 is 0 Å². The van der Waals surface area contributed by atoms with Gasteiger partial charge in [-0.2, -0.15) is 0 Å². The molecule has 7 heteroatoms. The molecule has 1 aromatic rings. The first-order chi connectivity index (χ1) is 9.06. The van der Waals surface area contributed by atoms with Crippen molar-refractivity contribution >= 4 is 23.3 Å². The third-order valence-corrected chi connectivity index (χ3v) is 4.22. The maximum Gasteiger partial charge on any atom is 0.317 e. The van der Waals surface area contributed by atoms with Crippen LogP contribution in [0.2, 0.25) is 0 Å². The number of likely N-dealkylation sites (tertiary alicyclic amines) is 1. The number of hydrogen-bond acceptors (Lipinski definition) is 4. The summed E-state index contributed by atoms with van der Waals surface area (Å²) >= 11 is 1.52. The molecule has 2 N–H and O–H groups in total. The second kappa shape index (κ2) is 6.01. The minimum Gasteiger partial charge on any atom is -0.481 e. The molecule has 19 heavy (non-hydrogen) atoms. The molecule has 0 spiro atoms. The molecule has 1 aliphatic rings. The summed E-state index contributed by atoms with van der Waals surface area (Å²) in [5, 5.41) is 11.6. The van der Waals surface area contributed by atoms with Gasteiger partial charge >= 0.3 is 12.0 Å². The van der Waals surface area contributed by atoms with Crippen molar-refractivity contribution in [1.82, 2.24) is 15.2 Å². The Balaban J connectivity index is 1.78. The Morgan fingerprint density at radius 1 is 1.63 bits per heavy atom. The Kier molecular flexibility index (Phi) is 4.36. The fraction of sp³-hybridized carbons (Fsp3) is 0.583.